The van der Waals surface area contributed by atoms with Crippen LogP contribution >= 0.6 is 0 Å². The Kier molecular flexibility index (Phi) is 8.99. The first-order valence-electron chi connectivity index (χ1n) is 14.4. The van der Waals surface area contributed by atoms with Crippen molar-refractivity contribution < 1.29 is 19.1 Å². The smallest absolute Gasteiger partial charge is 0.264 e. The van der Waals surface area contributed by atoms with Gasteiger partial charge in [0.1, 0.15) is 5.75 Å². The molecule has 1 heterocycles. The van der Waals surface area contributed by atoms with Crippen molar-refractivity contribution in [2.75, 3.05) is 20.2 Å². The van der Waals surface area contributed by atoms with Crippen molar-refractivity contribution in [3.63, 3.8) is 0 Å². The number of carbonyl (C=O) groups is 3. The Balaban J connectivity index is 1.45. The van der Waals surface area contributed by atoms with Gasteiger partial charge in [-0.2, -0.15) is 0 Å². The summed E-state index contributed by atoms with van der Waals surface area (Å²) >= 11 is 0. The molecule has 2 unspecified atom stereocenters. The number of rotatable bonds is 9. The van der Waals surface area contributed by atoms with E-state index in [4.69, 9.17) is 10.5 Å². The highest BCUT2D eigenvalue weighted by Crippen LogP contribution is 2.39. The fourth-order valence-corrected chi connectivity index (χ4v) is 6.17. The van der Waals surface area contributed by atoms with Crippen LogP contribution < -0.4 is 15.8 Å². The fourth-order valence-electron chi connectivity index (χ4n) is 6.17. The van der Waals surface area contributed by atoms with Gasteiger partial charge in [-0.05, 0) is 53.6 Å². The quantitative estimate of drug-likeness (QED) is 0.415. The number of amides is 3. The molecule has 1 saturated carbocycles. The van der Waals surface area contributed by atoms with E-state index in [0.717, 1.165) is 42.4 Å². The maximum atomic E-state index is 14.4. The second-order valence-electron chi connectivity index (χ2n) is 10.8. The molecule has 0 aromatic heterocycles. The lowest BCUT2D eigenvalue weighted by Crippen LogP contribution is -2.54. The molecule has 2 aliphatic rings. The van der Waals surface area contributed by atoms with Gasteiger partial charge in [0.25, 0.3) is 11.8 Å². The molecule has 0 spiro atoms. The lowest BCUT2D eigenvalue weighted by atomic mass is 9.83. The van der Waals surface area contributed by atoms with Crippen molar-refractivity contribution in [1.82, 2.24) is 15.1 Å². The molecule has 2 fully saturated rings. The molecule has 1 aliphatic heterocycles. The van der Waals surface area contributed by atoms with Crippen molar-refractivity contribution in [1.29, 1.82) is 0 Å². The minimum absolute atomic E-state index is 0.102. The molecule has 1 saturated heterocycles. The fraction of sp³-hybridized carbons (Fsp3) is 0.364. The number of hydrogen-bond donors (Lipinski definition) is 2. The molecule has 3 aromatic rings. The van der Waals surface area contributed by atoms with Crippen LogP contribution in [-0.4, -0.2) is 53.9 Å². The summed E-state index contributed by atoms with van der Waals surface area (Å²) in [5, 5.41) is 2.99. The zero-order valence-corrected chi connectivity index (χ0v) is 23.5. The van der Waals surface area contributed by atoms with E-state index in [1.54, 1.807) is 36.3 Å². The molecule has 41 heavy (non-hydrogen) atoms. The molecular weight excluding hydrogens is 516 g/mol. The highest BCUT2D eigenvalue weighted by molar-refractivity contribution is 6.00. The van der Waals surface area contributed by atoms with Gasteiger partial charge in [0, 0.05) is 31.7 Å². The lowest BCUT2D eigenvalue weighted by molar-refractivity contribution is -0.143. The zero-order valence-electron chi connectivity index (χ0n) is 23.5. The van der Waals surface area contributed by atoms with E-state index < -0.39 is 6.17 Å². The van der Waals surface area contributed by atoms with Crippen LogP contribution in [0.4, 0.5) is 0 Å². The molecule has 3 N–H and O–H groups in total. The molecule has 5 rings (SSSR count). The van der Waals surface area contributed by atoms with Gasteiger partial charge in [-0.15, -0.1) is 0 Å². The van der Waals surface area contributed by atoms with Crippen molar-refractivity contribution in [3.05, 3.63) is 101 Å². The van der Waals surface area contributed by atoms with E-state index in [1.165, 1.54) is 4.90 Å². The number of nitrogens with one attached hydrogen (secondary N) is 1. The summed E-state index contributed by atoms with van der Waals surface area (Å²) in [4.78, 5) is 45.2. The van der Waals surface area contributed by atoms with Crippen LogP contribution in [0.2, 0.25) is 0 Å². The minimum atomic E-state index is -1.06. The first-order valence-corrected chi connectivity index (χ1v) is 14.4. The predicted octanol–water partition coefficient (Wildman–Crippen LogP) is 4.05. The first kappa shape index (κ1) is 28.4. The van der Waals surface area contributed by atoms with Crippen LogP contribution in [0.1, 0.15) is 58.6 Å². The standard InChI is InChI=1S/C33H38N4O4/c1-41-28-16-8-15-27(20-28)32(39)36-17-18-37(31(36)30(38)35-22-24-10-7-9-23(19-24)21-34)33(40)29(26-13-5-6-14-26)25-11-3-2-4-12-25/h2-4,7-12,15-16,19-20,26,29,31H,5-6,13-14,17-18,21-22,34H2,1H3,(H,35,38). The molecule has 8 nitrogen and oxygen atoms in total. The van der Waals surface area contributed by atoms with Gasteiger partial charge in [-0.25, -0.2) is 0 Å². The Morgan fingerprint density at radius 3 is 2.34 bits per heavy atom. The SMILES string of the molecule is COc1cccc(C(=O)N2CCN(C(=O)C(c3ccccc3)C3CCCC3)C2C(=O)NCc2cccc(CN)c2)c1. The van der Waals surface area contributed by atoms with Crippen molar-refractivity contribution in [3.8, 4) is 5.75 Å². The van der Waals surface area contributed by atoms with Crippen LogP contribution in [-0.2, 0) is 22.7 Å². The van der Waals surface area contributed by atoms with E-state index in [2.05, 4.69) is 5.32 Å². The highest BCUT2D eigenvalue weighted by atomic mass is 16.5. The molecule has 8 heteroatoms. The predicted molar refractivity (Wildman–Crippen MR) is 157 cm³/mol. The third-order valence-electron chi connectivity index (χ3n) is 8.26. The first-order chi connectivity index (χ1) is 20.0. The van der Waals surface area contributed by atoms with Crippen LogP contribution in [0.25, 0.3) is 0 Å². The minimum Gasteiger partial charge on any atom is -0.497 e. The number of methoxy groups -OCH3 is 1. The van der Waals surface area contributed by atoms with Crippen LogP contribution in [0.15, 0.2) is 78.9 Å². The Morgan fingerprint density at radius 1 is 0.902 bits per heavy atom. The largest absolute Gasteiger partial charge is 0.497 e. The summed E-state index contributed by atoms with van der Waals surface area (Å²) in [6.07, 6.45) is 3.06. The highest BCUT2D eigenvalue weighted by Gasteiger charge is 2.46. The average Bonchev–Trinajstić information content (AvgIpc) is 3.71. The summed E-state index contributed by atoms with van der Waals surface area (Å²) in [6.45, 7) is 1.20. The molecule has 1 aliphatic carbocycles. The Labute approximate surface area is 241 Å². The average molecular weight is 555 g/mol. The molecule has 0 bridgehead atoms. The van der Waals surface area contributed by atoms with Gasteiger partial charge >= 0.3 is 0 Å². The molecular formula is C33H38N4O4. The molecule has 214 valence electrons. The number of carbonyl (C=O) groups excluding carboxylic acids is 3. The van der Waals surface area contributed by atoms with Gasteiger partial charge in [-0.3, -0.25) is 14.4 Å². The zero-order chi connectivity index (χ0) is 28.8. The molecule has 0 radical (unpaired) electrons. The number of benzene rings is 3. The Hall–Kier alpha value is -4.17. The van der Waals surface area contributed by atoms with Crippen LogP contribution in [0.3, 0.4) is 0 Å². The Morgan fingerprint density at radius 2 is 1.61 bits per heavy atom. The molecule has 3 amide bonds. The number of nitrogens with two attached hydrogens (primary N) is 1. The van der Waals surface area contributed by atoms with Gasteiger partial charge in [-0.1, -0.05) is 73.5 Å². The summed E-state index contributed by atoms with van der Waals surface area (Å²) in [5.41, 5.74) is 9.02. The summed E-state index contributed by atoms with van der Waals surface area (Å²) in [5.74, 6) is -0.411. The topological polar surface area (TPSA) is 105 Å². The number of ether oxygens (including phenoxy) is 1. The number of nitrogens with zero attached hydrogens (tertiary/aromatic N) is 2. The van der Waals surface area contributed by atoms with E-state index in [-0.39, 0.29) is 49.2 Å². The van der Waals surface area contributed by atoms with E-state index >= 15 is 0 Å². The second kappa shape index (κ2) is 13.0. The normalized spacial score (nSPS) is 17.9. The van der Waals surface area contributed by atoms with Gasteiger partial charge in [0.2, 0.25) is 5.91 Å². The van der Waals surface area contributed by atoms with Gasteiger partial charge in [0.05, 0.1) is 13.0 Å². The maximum absolute atomic E-state index is 14.4. The third kappa shape index (κ3) is 6.28. The second-order valence-corrected chi connectivity index (χ2v) is 10.8. The van der Waals surface area contributed by atoms with E-state index in [1.807, 2.05) is 54.6 Å². The number of hydrogen-bond acceptors (Lipinski definition) is 5. The summed E-state index contributed by atoms with van der Waals surface area (Å²) in [7, 11) is 1.54. The monoisotopic (exact) mass is 554 g/mol. The summed E-state index contributed by atoms with van der Waals surface area (Å²) < 4.78 is 5.32. The van der Waals surface area contributed by atoms with Crippen LogP contribution in [0.5, 0.6) is 5.75 Å². The Bertz CT molecular complexity index is 1370. The third-order valence-corrected chi connectivity index (χ3v) is 8.26. The van der Waals surface area contributed by atoms with Gasteiger partial charge in [0.15, 0.2) is 6.17 Å². The van der Waals surface area contributed by atoms with E-state index in [0.29, 0.717) is 17.9 Å². The summed E-state index contributed by atoms with van der Waals surface area (Å²) in [6, 6.07) is 24.4. The molecule has 2 atom stereocenters. The van der Waals surface area contributed by atoms with Crippen molar-refractivity contribution >= 4 is 17.7 Å². The maximum Gasteiger partial charge on any atom is 0.264 e. The van der Waals surface area contributed by atoms with Crippen LogP contribution in [0, 0.1) is 5.92 Å². The van der Waals surface area contributed by atoms with Crippen molar-refractivity contribution in [2.45, 2.75) is 50.9 Å². The molecule has 3 aromatic carbocycles. The van der Waals surface area contributed by atoms with Gasteiger partial charge < -0.3 is 25.6 Å². The van der Waals surface area contributed by atoms with Crippen molar-refractivity contribution in [2.24, 2.45) is 11.7 Å². The lowest BCUT2D eigenvalue weighted by Gasteiger charge is -2.33. The van der Waals surface area contributed by atoms with E-state index in [9.17, 15) is 14.4 Å².